The molecule has 1 N–H and O–H groups in total. The van der Waals surface area contributed by atoms with Gasteiger partial charge in [-0.15, -0.1) is 0 Å². The summed E-state index contributed by atoms with van der Waals surface area (Å²) in [6.07, 6.45) is 4.57. The molecule has 0 aliphatic carbocycles. The van der Waals surface area contributed by atoms with Crippen molar-refractivity contribution < 1.29 is 4.74 Å². The first-order valence-corrected chi connectivity index (χ1v) is 8.26. The molecular formula is C18H23ClN4O. The highest BCUT2D eigenvalue weighted by atomic mass is 35.5. The van der Waals surface area contributed by atoms with Crippen LogP contribution in [0.25, 0.3) is 0 Å². The van der Waals surface area contributed by atoms with E-state index >= 15 is 0 Å². The molecule has 0 saturated carbocycles. The van der Waals surface area contributed by atoms with Gasteiger partial charge in [-0.1, -0.05) is 17.7 Å². The van der Waals surface area contributed by atoms with Crippen molar-refractivity contribution in [3.8, 4) is 5.75 Å². The van der Waals surface area contributed by atoms with E-state index in [9.17, 15) is 0 Å². The van der Waals surface area contributed by atoms with Gasteiger partial charge in [-0.05, 0) is 42.3 Å². The largest absolute Gasteiger partial charge is 0.492 e. The Bertz CT molecular complexity index is 631. The standard InChI is InChI=1S/C18H23ClN4O/c1-20-18(22-11-9-15-4-3-10-21-14-15)23(2)12-13-24-17-7-5-16(19)6-8-17/h3-8,10,14H,9,11-13H2,1-2H3,(H,20,22). The van der Waals surface area contributed by atoms with Crippen LogP contribution in [-0.4, -0.2) is 49.6 Å². The molecule has 0 atom stereocenters. The molecule has 0 spiro atoms. The third-order valence-electron chi connectivity index (χ3n) is 3.50. The van der Waals surface area contributed by atoms with Gasteiger partial charge in [0, 0.05) is 38.1 Å². The molecular weight excluding hydrogens is 324 g/mol. The van der Waals surface area contributed by atoms with Crippen LogP contribution in [0.15, 0.2) is 53.8 Å². The fourth-order valence-electron chi connectivity index (χ4n) is 2.19. The third-order valence-corrected chi connectivity index (χ3v) is 3.75. The average molecular weight is 347 g/mol. The van der Waals surface area contributed by atoms with Crippen LogP contribution < -0.4 is 10.1 Å². The Morgan fingerprint density at radius 1 is 1.29 bits per heavy atom. The number of nitrogens with one attached hydrogen (secondary N) is 1. The molecule has 1 aromatic carbocycles. The van der Waals surface area contributed by atoms with Gasteiger partial charge in [0.2, 0.25) is 0 Å². The predicted octanol–water partition coefficient (Wildman–Crippen LogP) is 2.86. The maximum Gasteiger partial charge on any atom is 0.193 e. The number of benzene rings is 1. The lowest BCUT2D eigenvalue weighted by molar-refractivity contribution is 0.281. The molecule has 0 bridgehead atoms. The van der Waals surface area contributed by atoms with Crippen LogP contribution in [0.5, 0.6) is 5.75 Å². The second-order valence-electron chi connectivity index (χ2n) is 5.31. The van der Waals surface area contributed by atoms with Crippen LogP contribution in [0.4, 0.5) is 0 Å². The summed E-state index contributed by atoms with van der Waals surface area (Å²) in [4.78, 5) is 10.5. The van der Waals surface area contributed by atoms with Crippen LogP contribution in [0.2, 0.25) is 5.02 Å². The predicted molar refractivity (Wildman–Crippen MR) is 98.9 cm³/mol. The first-order chi connectivity index (χ1) is 11.7. The van der Waals surface area contributed by atoms with E-state index in [1.165, 1.54) is 5.56 Å². The fraction of sp³-hybridized carbons (Fsp3) is 0.333. The maximum atomic E-state index is 5.86. The van der Waals surface area contributed by atoms with Crippen LogP contribution in [0.3, 0.4) is 0 Å². The number of ether oxygens (including phenoxy) is 1. The minimum atomic E-state index is 0.571. The molecule has 1 aromatic heterocycles. The van der Waals surface area contributed by atoms with Gasteiger partial charge >= 0.3 is 0 Å². The molecule has 6 heteroatoms. The number of likely N-dealkylation sites (N-methyl/N-ethyl adjacent to an activating group) is 1. The topological polar surface area (TPSA) is 49.8 Å². The SMILES string of the molecule is CN=C(NCCc1cccnc1)N(C)CCOc1ccc(Cl)cc1. The summed E-state index contributed by atoms with van der Waals surface area (Å²) in [6, 6.07) is 11.4. The average Bonchev–Trinajstić information content (AvgIpc) is 2.61. The molecule has 0 amide bonds. The third kappa shape index (κ3) is 6.08. The van der Waals surface area contributed by atoms with Gasteiger partial charge < -0.3 is 15.0 Å². The Morgan fingerprint density at radius 3 is 2.75 bits per heavy atom. The number of hydrogen-bond donors (Lipinski definition) is 1. The molecule has 2 aromatic rings. The molecule has 128 valence electrons. The van der Waals surface area contributed by atoms with Gasteiger partial charge in [0.05, 0.1) is 6.54 Å². The molecule has 0 unspecified atom stereocenters. The number of aromatic nitrogens is 1. The molecule has 0 aliphatic heterocycles. The minimum absolute atomic E-state index is 0.571. The van der Waals surface area contributed by atoms with Crippen molar-refractivity contribution in [2.45, 2.75) is 6.42 Å². The number of halogens is 1. The first-order valence-electron chi connectivity index (χ1n) is 7.88. The van der Waals surface area contributed by atoms with Crippen LogP contribution in [0, 0.1) is 0 Å². The van der Waals surface area contributed by atoms with E-state index in [0.717, 1.165) is 31.2 Å². The molecule has 24 heavy (non-hydrogen) atoms. The number of aliphatic imine (C=N–C) groups is 1. The second kappa shape index (κ2) is 9.78. The number of guanidine groups is 1. The van der Waals surface area contributed by atoms with Crippen molar-refractivity contribution in [2.75, 3.05) is 33.8 Å². The van der Waals surface area contributed by atoms with Gasteiger partial charge in [0.1, 0.15) is 12.4 Å². The van der Waals surface area contributed by atoms with E-state index in [2.05, 4.69) is 21.4 Å². The number of nitrogens with zero attached hydrogens (tertiary/aromatic N) is 3. The van der Waals surface area contributed by atoms with Gasteiger partial charge in [-0.2, -0.15) is 0 Å². The first kappa shape index (κ1) is 18.1. The van der Waals surface area contributed by atoms with Gasteiger partial charge in [0.15, 0.2) is 5.96 Å². The van der Waals surface area contributed by atoms with Crippen molar-refractivity contribution in [3.63, 3.8) is 0 Å². The van der Waals surface area contributed by atoms with Crippen molar-refractivity contribution in [1.29, 1.82) is 0 Å². The lowest BCUT2D eigenvalue weighted by Gasteiger charge is -2.22. The normalized spacial score (nSPS) is 11.2. The summed E-state index contributed by atoms with van der Waals surface area (Å²) >= 11 is 5.86. The Labute approximate surface area is 148 Å². The molecule has 0 radical (unpaired) electrons. The van der Waals surface area contributed by atoms with Crippen LogP contribution >= 0.6 is 11.6 Å². The molecule has 0 aliphatic rings. The highest BCUT2D eigenvalue weighted by Crippen LogP contribution is 2.15. The summed E-state index contributed by atoms with van der Waals surface area (Å²) < 4.78 is 5.71. The van der Waals surface area contributed by atoms with Crippen molar-refractivity contribution >= 4 is 17.6 Å². The van der Waals surface area contributed by atoms with E-state index in [1.807, 2.05) is 48.5 Å². The summed E-state index contributed by atoms with van der Waals surface area (Å²) in [5.74, 6) is 1.66. The van der Waals surface area contributed by atoms with E-state index < -0.39 is 0 Å². The highest BCUT2D eigenvalue weighted by Gasteiger charge is 2.05. The quantitative estimate of drug-likeness (QED) is 0.618. The minimum Gasteiger partial charge on any atom is -0.492 e. The Balaban J connectivity index is 1.70. The summed E-state index contributed by atoms with van der Waals surface area (Å²) in [7, 11) is 3.77. The molecule has 5 nitrogen and oxygen atoms in total. The van der Waals surface area contributed by atoms with E-state index in [4.69, 9.17) is 16.3 Å². The summed E-state index contributed by atoms with van der Waals surface area (Å²) in [5.41, 5.74) is 1.20. The van der Waals surface area contributed by atoms with Crippen molar-refractivity contribution in [2.24, 2.45) is 4.99 Å². The molecule has 0 saturated heterocycles. The van der Waals surface area contributed by atoms with Crippen molar-refractivity contribution in [3.05, 3.63) is 59.4 Å². The van der Waals surface area contributed by atoms with Crippen molar-refractivity contribution in [1.82, 2.24) is 15.2 Å². The monoisotopic (exact) mass is 346 g/mol. The van der Waals surface area contributed by atoms with Crippen LogP contribution in [-0.2, 0) is 6.42 Å². The van der Waals surface area contributed by atoms with E-state index in [0.29, 0.717) is 11.6 Å². The number of rotatable bonds is 7. The zero-order valence-electron chi connectivity index (χ0n) is 14.1. The van der Waals surface area contributed by atoms with Gasteiger partial charge in [-0.25, -0.2) is 0 Å². The smallest absolute Gasteiger partial charge is 0.193 e. The highest BCUT2D eigenvalue weighted by molar-refractivity contribution is 6.30. The lowest BCUT2D eigenvalue weighted by Crippen LogP contribution is -2.41. The molecule has 2 rings (SSSR count). The zero-order chi connectivity index (χ0) is 17.2. The number of hydrogen-bond acceptors (Lipinski definition) is 3. The van der Waals surface area contributed by atoms with Gasteiger partial charge in [0.25, 0.3) is 0 Å². The Hall–Kier alpha value is -2.27. The maximum absolute atomic E-state index is 5.86. The Kier molecular flexibility index (Phi) is 7.36. The fourth-order valence-corrected chi connectivity index (χ4v) is 2.31. The zero-order valence-corrected chi connectivity index (χ0v) is 14.8. The summed E-state index contributed by atoms with van der Waals surface area (Å²) in [6.45, 7) is 2.11. The Morgan fingerprint density at radius 2 is 2.08 bits per heavy atom. The second-order valence-corrected chi connectivity index (χ2v) is 5.75. The summed E-state index contributed by atoms with van der Waals surface area (Å²) in [5, 5.41) is 4.06. The molecule has 0 fully saturated rings. The lowest BCUT2D eigenvalue weighted by atomic mass is 10.2. The van der Waals surface area contributed by atoms with Crippen LogP contribution in [0.1, 0.15) is 5.56 Å². The van der Waals surface area contributed by atoms with Gasteiger partial charge in [-0.3, -0.25) is 9.98 Å². The van der Waals surface area contributed by atoms with E-state index in [-0.39, 0.29) is 0 Å². The molecule has 1 heterocycles. The van der Waals surface area contributed by atoms with E-state index in [1.54, 1.807) is 13.2 Å². The number of pyridine rings is 1.